The Hall–Kier alpha value is -0.940. The van der Waals surface area contributed by atoms with Gasteiger partial charge in [-0.25, -0.2) is 4.98 Å². The molecule has 1 aromatic rings. The number of anilines is 1. The second-order valence-corrected chi connectivity index (χ2v) is 4.69. The van der Waals surface area contributed by atoms with Crippen molar-refractivity contribution in [1.29, 1.82) is 0 Å². The third-order valence-electron chi connectivity index (χ3n) is 2.28. The number of aryl methyl sites for hydroxylation is 1. The van der Waals surface area contributed by atoms with Crippen LogP contribution in [-0.2, 0) is 4.79 Å². The third-order valence-corrected chi connectivity index (χ3v) is 3.11. The number of thiazole rings is 1. The molecule has 2 rings (SSSR count). The van der Waals surface area contributed by atoms with Gasteiger partial charge < -0.3 is 10.6 Å². The van der Waals surface area contributed by atoms with Gasteiger partial charge in [-0.15, -0.1) is 11.3 Å². The molecule has 1 amide bonds. The first-order valence-corrected chi connectivity index (χ1v) is 5.51. The minimum Gasteiger partial charge on any atom is -0.316 e. The lowest BCUT2D eigenvalue weighted by molar-refractivity contribution is -0.119. The average molecular weight is 211 g/mol. The predicted octanol–water partition coefficient (Wildman–Crippen LogP) is 1.000. The summed E-state index contributed by atoms with van der Waals surface area (Å²) in [5, 5.41) is 6.71. The maximum atomic E-state index is 11.6. The fourth-order valence-electron chi connectivity index (χ4n) is 1.50. The number of hydrogen-bond acceptors (Lipinski definition) is 4. The first-order valence-electron chi connectivity index (χ1n) is 4.70. The van der Waals surface area contributed by atoms with Gasteiger partial charge in [0.25, 0.3) is 0 Å². The molecule has 1 fully saturated rings. The molecule has 5 heteroatoms. The smallest absolute Gasteiger partial charge is 0.230 e. The van der Waals surface area contributed by atoms with Gasteiger partial charge in [0.05, 0.1) is 5.92 Å². The van der Waals surface area contributed by atoms with Gasteiger partial charge in [-0.2, -0.15) is 0 Å². The van der Waals surface area contributed by atoms with E-state index in [1.54, 1.807) is 6.20 Å². The molecule has 2 heterocycles. The minimum atomic E-state index is 0.0874. The molecule has 0 bridgehead atoms. The molecule has 0 aromatic carbocycles. The Labute approximate surface area is 86.7 Å². The molecule has 0 spiro atoms. The van der Waals surface area contributed by atoms with E-state index in [4.69, 9.17) is 0 Å². The zero-order chi connectivity index (χ0) is 9.97. The number of aromatic nitrogens is 1. The summed E-state index contributed by atoms with van der Waals surface area (Å²) in [7, 11) is 0. The lowest BCUT2D eigenvalue weighted by Crippen LogP contribution is -2.24. The van der Waals surface area contributed by atoms with Crippen LogP contribution in [0.15, 0.2) is 6.20 Å². The van der Waals surface area contributed by atoms with Crippen molar-refractivity contribution in [2.45, 2.75) is 13.3 Å². The monoisotopic (exact) mass is 211 g/mol. The van der Waals surface area contributed by atoms with E-state index in [1.807, 2.05) is 6.92 Å². The summed E-state index contributed by atoms with van der Waals surface area (Å²) < 4.78 is 0. The van der Waals surface area contributed by atoms with Crippen molar-refractivity contribution in [3.63, 3.8) is 0 Å². The molecule has 1 aliphatic rings. The molecular formula is C9H13N3OS. The van der Waals surface area contributed by atoms with E-state index in [0.29, 0.717) is 5.13 Å². The van der Waals surface area contributed by atoms with Crippen molar-refractivity contribution < 1.29 is 4.79 Å². The molecule has 0 saturated carbocycles. The largest absolute Gasteiger partial charge is 0.316 e. The Kier molecular flexibility index (Phi) is 2.79. The SMILES string of the molecule is Cc1cnc(NC(=O)[C@@H]2CCNC2)s1. The van der Waals surface area contributed by atoms with Crippen LogP contribution in [0, 0.1) is 12.8 Å². The zero-order valence-electron chi connectivity index (χ0n) is 8.04. The van der Waals surface area contributed by atoms with E-state index < -0.39 is 0 Å². The lowest BCUT2D eigenvalue weighted by Gasteiger charge is -2.06. The fourth-order valence-corrected chi connectivity index (χ4v) is 2.17. The Bertz CT molecular complexity index is 331. The molecule has 0 radical (unpaired) electrons. The van der Waals surface area contributed by atoms with E-state index in [1.165, 1.54) is 11.3 Å². The van der Waals surface area contributed by atoms with E-state index in [2.05, 4.69) is 15.6 Å². The summed E-state index contributed by atoms with van der Waals surface area (Å²) in [6.07, 6.45) is 2.70. The van der Waals surface area contributed by atoms with Gasteiger partial charge in [-0.1, -0.05) is 0 Å². The molecule has 4 nitrogen and oxygen atoms in total. The van der Waals surface area contributed by atoms with Crippen molar-refractivity contribution in [1.82, 2.24) is 10.3 Å². The highest BCUT2D eigenvalue weighted by molar-refractivity contribution is 7.15. The number of amides is 1. The van der Waals surface area contributed by atoms with Gasteiger partial charge in [-0.05, 0) is 19.9 Å². The van der Waals surface area contributed by atoms with Crippen molar-refractivity contribution >= 4 is 22.4 Å². The number of carbonyl (C=O) groups is 1. The number of hydrogen-bond donors (Lipinski definition) is 2. The Morgan fingerprint density at radius 2 is 2.64 bits per heavy atom. The predicted molar refractivity (Wildman–Crippen MR) is 56.5 cm³/mol. The summed E-state index contributed by atoms with van der Waals surface area (Å²) in [5.74, 6) is 0.198. The van der Waals surface area contributed by atoms with E-state index in [-0.39, 0.29) is 11.8 Å². The molecule has 0 aliphatic carbocycles. The van der Waals surface area contributed by atoms with Crippen LogP contribution in [0.4, 0.5) is 5.13 Å². The van der Waals surface area contributed by atoms with Crippen LogP contribution in [0.3, 0.4) is 0 Å². The number of nitrogens with zero attached hydrogens (tertiary/aromatic N) is 1. The lowest BCUT2D eigenvalue weighted by atomic mass is 10.1. The summed E-state index contributed by atoms with van der Waals surface area (Å²) in [6, 6.07) is 0. The summed E-state index contributed by atoms with van der Waals surface area (Å²) in [5.41, 5.74) is 0. The zero-order valence-corrected chi connectivity index (χ0v) is 8.86. The van der Waals surface area contributed by atoms with Crippen molar-refractivity contribution in [2.24, 2.45) is 5.92 Å². The summed E-state index contributed by atoms with van der Waals surface area (Å²) >= 11 is 1.51. The van der Waals surface area contributed by atoms with Gasteiger partial charge in [0.15, 0.2) is 5.13 Å². The quantitative estimate of drug-likeness (QED) is 0.767. The second-order valence-electron chi connectivity index (χ2n) is 3.46. The number of nitrogens with one attached hydrogen (secondary N) is 2. The van der Waals surface area contributed by atoms with Crippen LogP contribution in [0.5, 0.6) is 0 Å². The van der Waals surface area contributed by atoms with Crippen LogP contribution in [0.25, 0.3) is 0 Å². The number of carbonyl (C=O) groups excluding carboxylic acids is 1. The molecule has 1 atom stereocenters. The van der Waals surface area contributed by atoms with Gasteiger partial charge >= 0.3 is 0 Å². The molecule has 1 saturated heterocycles. The fraction of sp³-hybridized carbons (Fsp3) is 0.556. The summed E-state index contributed by atoms with van der Waals surface area (Å²) in [6.45, 7) is 3.70. The average Bonchev–Trinajstić information content (AvgIpc) is 2.75. The van der Waals surface area contributed by atoms with Crippen LogP contribution in [0.1, 0.15) is 11.3 Å². The van der Waals surface area contributed by atoms with Crippen molar-refractivity contribution in [2.75, 3.05) is 18.4 Å². The second kappa shape index (κ2) is 4.06. The molecular weight excluding hydrogens is 198 g/mol. The van der Waals surface area contributed by atoms with Gasteiger partial charge in [-0.3, -0.25) is 4.79 Å². The molecule has 14 heavy (non-hydrogen) atoms. The molecule has 2 N–H and O–H groups in total. The topological polar surface area (TPSA) is 54.0 Å². The highest BCUT2D eigenvalue weighted by atomic mass is 32.1. The van der Waals surface area contributed by atoms with E-state index in [0.717, 1.165) is 24.4 Å². The highest BCUT2D eigenvalue weighted by Crippen LogP contribution is 2.18. The van der Waals surface area contributed by atoms with Crippen molar-refractivity contribution in [3.8, 4) is 0 Å². The van der Waals surface area contributed by atoms with Crippen LogP contribution < -0.4 is 10.6 Å². The molecule has 76 valence electrons. The Morgan fingerprint density at radius 3 is 3.21 bits per heavy atom. The Balaban J connectivity index is 1.93. The molecule has 1 aromatic heterocycles. The maximum absolute atomic E-state index is 11.6. The highest BCUT2D eigenvalue weighted by Gasteiger charge is 2.22. The Morgan fingerprint density at radius 1 is 1.79 bits per heavy atom. The van der Waals surface area contributed by atoms with Crippen LogP contribution >= 0.6 is 11.3 Å². The van der Waals surface area contributed by atoms with Gasteiger partial charge in [0, 0.05) is 17.6 Å². The maximum Gasteiger partial charge on any atom is 0.230 e. The number of rotatable bonds is 2. The van der Waals surface area contributed by atoms with Gasteiger partial charge in [0.1, 0.15) is 0 Å². The summed E-state index contributed by atoms with van der Waals surface area (Å²) in [4.78, 5) is 16.8. The molecule has 0 unspecified atom stereocenters. The standard InChI is InChI=1S/C9H13N3OS/c1-6-4-11-9(14-6)12-8(13)7-2-3-10-5-7/h4,7,10H,2-3,5H2,1H3,(H,11,12,13)/t7-/m1/s1. The normalized spacial score (nSPS) is 21.1. The minimum absolute atomic E-state index is 0.0874. The van der Waals surface area contributed by atoms with Crippen LogP contribution in [-0.4, -0.2) is 24.0 Å². The van der Waals surface area contributed by atoms with E-state index >= 15 is 0 Å². The van der Waals surface area contributed by atoms with E-state index in [9.17, 15) is 4.79 Å². The third kappa shape index (κ3) is 2.10. The van der Waals surface area contributed by atoms with Gasteiger partial charge in [0.2, 0.25) is 5.91 Å². The first-order chi connectivity index (χ1) is 6.75. The van der Waals surface area contributed by atoms with Crippen molar-refractivity contribution in [3.05, 3.63) is 11.1 Å². The first kappa shape index (κ1) is 9.61. The molecule has 1 aliphatic heterocycles. The van der Waals surface area contributed by atoms with Crippen LogP contribution in [0.2, 0.25) is 0 Å².